The second-order valence-electron chi connectivity index (χ2n) is 12.5. The van der Waals surface area contributed by atoms with Crippen LogP contribution in [-0.2, 0) is 38.7 Å². The molecule has 0 aromatic heterocycles. The average molecular weight is 1270 g/mol. The minimum absolute atomic E-state index is 0. The van der Waals surface area contributed by atoms with E-state index in [1.165, 1.54) is 54.2 Å². The van der Waals surface area contributed by atoms with Gasteiger partial charge in [0.15, 0.2) is 19.7 Å². The fourth-order valence-corrected chi connectivity index (χ4v) is 9.88. The maximum absolute atomic E-state index is 13.7. The number of anilines is 2. The Balaban J connectivity index is 0.000000909. The first kappa shape index (κ1) is 64.4. The molecular weight excluding hydrogens is 1240 g/mol. The number of thioether (sulfide) groups is 1. The topological polar surface area (TPSA) is 190 Å². The Morgan fingerprint density at radius 2 is 1.09 bits per heavy atom. The zero-order valence-corrected chi connectivity index (χ0v) is 47.8. The van der Waals surface area contributed by atoms with E-state index in [0.29, 0.717) is 55.9 Å². The van der Waals surface area contributed by atoms with E-state index in [1.807, 2.05) is 30.5 Å². The third-order valence-corrected chi connectivity index (χ3v) is 15.7. The van der Waals surface area contributed by atoms with Crippen LogP contribution in [0.5, 0.6) is 0 Å². The standard InChI is InChI=1S/C18H13ClFN3O2S.C8H5BrClNO2S.C8H5BrClNS.C7H2BrClFN.CH4S.CH4.Na/c1-26(24,25)16-5-4-15(17(19)14(16)10-22)23-6-2-3-11-7-13(20)8-12(9-21)18(11)23;1-14(12,13)7-3-2-6(9)8(10)5(7)4-11;1-12-7-3-2-6(9)8(10)5(7)4-11;8-5-1-2-6(10)4(3-11)7(5)9;1-2;;/h4-5,7-8H,2-3,6H2,1H3;2-3H,1H3;2-3H,1H3;1-2H;2H,1H3;1H4;/q;;;;;;+1/p-1. The Morgan fingerprint density at radius 3 is 1.54 bits per heavy atom. The number of nitriles is 5. The second-order valence-corrected chi connectivity index (χ2v) is 21.4. The van der Waals surface area contributed by atoms with Gasteiger partial charge < -0.3 is 17.5 Å². The van der Waals surface area contributed by atoms with Crippen molar-refractivity contribution in [2.75, 3.05) is 36.5 Å². The Bertz CT molecular complexity index is 3090. The number of halogens is 9. The molecule has 0 saturated heterocycles. The summed E-state index contributed by atoms with van der Waals surface area (Å²) in [5, 5.41) is 45.5. The Morgan fingerprint density at radius 1 is 0.657 bits per heavy atom. The first-order chi connectivity index (χ1) is 30.5. The monoisotopic (exact) mass is 1260 g/mol. The van der Waals surface area contributed by atoms with Crippen LogP contribution in [0, 0.1) is 68.3 Å². The molecule has 346 valence electrons. The zero-order valence-electron chi connectivity index (χ0n) is 34.7. The van der Waals surface area contributed by atoms with Crippen molar-refractivity contribution in [3.05, 3.63) is 139 Å². The largest absolute Gasteiger partial charge is 1.00 e. The molecule has 0 unspecified atom stereocenters. The third-order valence-electron chi connectivity index (χ3n) is 8.37. The molecule has 0 radical (unpaired) electrons. The van der Waals surface area contributed by atoms with Crippen molar-refractivity contribution >= 4 is 150 Å². The average Bonchev–Trinajstić information content (AvgIpc) is 3.27. The van der Waals surface area contributed by atoms with Gasteiger partial charge in [0, 0.05) is 37.4 Å². The molecule has 0 atom stereocenters. The smallest absolute Gasteiger partial charge is 0.796 e. The van der Waals surface area contributed by atoms with Crippen molar-refractivity contribution in [1.82, 2.24) is 0 Å². The molecule has 6 rings (SSSR count). The Labute approximate surface area is 466 Å². The summed E-state index contributed by atoms with van der Waals surface area (Å²) in [6, 6.07) is 23.9. The molecule has 5 aromatic carbocycles. The van der Waals surface area contributed by atoms with E-state index in [9.17, 15) is 36.1 Å². The van der Waals surface area contributed by atoms with E-state index < -0.39 is 31.3 Å². The summed E-state index contributed by atoms with van der Waals surface area (Å²) in [5.41, 5.74) is 2.05. The zero-order chi connectivity index (χ0) is 49.6. The Kier molecular flexibility index (Phi) is 28.4. The van der Waals surface area contributed by atoms with E-state index in [-0.39, 0.29) is 84.1 Å². The van der Waals surface area contributed by atoms with E-state index in [4.69, 9.17) is 62.2 Å². The number of aryl methyl sites for hydroxylation is 1. The van der Waals surface area contributed by atoms with Crippen LogP contribution in [0.25, 0.3) is 0 Å². The van der Waals surface area contributed by atoms with Gasteiger partial charge in [-0.1, -0.05) is 53.8 Å². The van der Waals surface area contributed by atoms with Crippen molar-refractivity contribution in [1.29, 1.82) is 26.3 Å². The molecule has 1 aliphatic heterocycles. The number of fused-ring (bicyclic) bond motifs is 1. The van der Waals surface area contributed by atoms with Crippen molar-refractivity contribution in [2.45, 2.75) is 35.0 Å². The predicted octanol–water partition coefficient (Wildman–Crippen LogP) is 10.7. The summed E-state index contributed by atoms with van der Waals surface area (Å²) < 4.78 is 74.5. The van der Waals surface area contributed by atoms with Crippen LogP contribution in [0.1, 0.15) is 47.2 Å². The van der Waals surface area contributed by atoms with Crippen LogP contribution in [0.2, 0.25) is 20.1 Å². The number of hydrogen-bond acceptors (Lipinski definition) is 12. The number of nitrogens with zero attached hydrogens (tertiary/aromatic N) is 6. The van der Waals surface area contributed by atoms with Gasteiger partial charge in [0.2, 0.25) is 0 Å². The molecule has 0 fully saturated rings. The van der Waals surface area contributed by atoms with E-state index in [1.54, 1.807) is 23.3 Å². The van der Waals surface area contributed by atoms with Crippen LogP contribution in [-0.4, -0.2) is 48.4 Å². The van der Waals surface area contributed by atoms with Gasteiger partial charge in [0.25, 0.3) is 0 Å². The molecule has 0 spiro atoms. The van der Waals surface area contributed by atoms with Gasteiger partial charge in [0.1, 0.15) is 47.5 Å². The van der Waals surface area contributed by atoms with Crippen molar-refractivity contribution in [3.8, 4) is 30.3 Å². The summed E-state index contributed by atoms with van der Waals surface area (Å²) >= 11 is 38.7. The molecular formula is C43H32Br3Cl4F2N6NaO4S4. The fourth-order valence-electron chi connectivity index (χ4n) is 5.58. The van der Waals surface area contributed by atoms with Crippen LogP contribution < -0.4 is 34.5 Å². The molecule has 0 bridgehead atoms. The van der Waals surface area contributed by atoms with Gasteiger partial charge in [0.05, 0.1) is 63.5 Å². The molecule has 24 heteroatoms. The van der Waals surface area contributed by atoms with Crippen LogP contribution in [0.4, 0.5) is 20.2 Å². The Hall–Kier alpha value is -2.59. The van der Waals surface area contributed by atoms with Gasteiger partial charge in [-0.15, -0.1) is 11.8 Å². The molecule has 67 heavy (non-hydrogen) atoms. The number of rotatable bonds is 4. The number of hydrogen-bond donors (Lipinski definition) is 0. The van der Waals surface area contributed by atoms with Gasteiger partial charge >= 0.3 is 29.6 Å². The van der Waals surface area contributed by atoms with Gasteiger partial charge in [-0.2, -0.15) is 32.6 Å². The van der Waals surface area contributed by atoms with E-state index in [2.05, 4.69) is 66.5 Å². The van der Waals surface area contributed by atoms with Crippen LogP contribution in [0.15, 0.2) is 88.8 Å². The second kappa shape index (κ2) is 29.6. The van der Waals surface area contributed by atoms with E-state index >= 15 is 0 Å². The molecule has 0 aliphatic carbocycles. The first-order valence-corrected chi connectivity index (χ1v) is 27.1. The maximum Gasteiger partial charge on any atom is 1.00 e. The summed E-state index contributed by atoms with van der Waals surface area (Å²) in [6.07, 6.45) is 6.86. The minimum Gasteiger partial charge on any atom is -0.796 e. The summed E-state index contributed by atoms with van der Waals surface area (Å²) in [4.78, 5) is 2.45. The SMILES string of the molecule is C.CS(=O)(=O)c1ccc(Br)c(Cl)c1C#N.CS(=O)(=O)c1ccc(N2CCCc3cc(F)cc(C#N)c32)c(Cl)c1C#N.CSc1ccc(Br)c(Cl)c1C#N.C[S-].N#Cc1c(F)ccc(Br)c1Cl.[Na+]. The number of benzene rings is 5. The molecule has 10 nitrogen and oxygen atoms in total. The molecule has 1 heterocycles. The van der Waals surface area contributed by atoms with Crippen molar-refractivity contribution in [2.24, 2.45) is 0 Å². The molecule has 0 amide bonds. The van der Waals surface area contributed by atoms with Gasteiger partial charge in [-0.05, 0) is 133 Å². The van der Waals surface area contributed by atoms with Gasteiger partial charge in [-0.25, -0.2) is 25.6 Å². The predicted molar refractivity (Wildman–Crippen MR) is 272 cm³/mol. The molecule has 0 N–H and O–H groups in total. The summed E-state index contributed by atoms with van der Waals surface area (Å²) in [5.74, 6) is -1.08. The summed E-state index contributed by atoms with van der Waals surface area (Å²) in [7, 11) is -7.03. The van der Waals surface area contributed by atoms with E-state index in [0.717, 1.165) is 27.9 Å². The molecule has 1 aliphatic rings. The number of sulfone groups is 2. The van der Waals surface area contributed by atoms with Crippen molar-refractivity contribution < 1.29 is 55.2 Å². The van der Waals surface area contributed by atoms with Gasteiger partial charge in [-0.3, -0.25) is 0 Å². The van der Waals surface area contributed by atoms with Crippen molar-refractivity contribution in [3.63, 3.8) is 0 Å². The van der Waals surface area contributed by atoms with Crippen LogP contribution in [0.3, 0.4) is 0 Å². The first-order valence-electron chi connectivity index (χ1n) is 17.4. The molecule has 5 aromatic rings. The quantitative estimate of drug-likeness (QED) is 0.0717. The molecule has 0 saturated carbocycles. The summed E-state index contributed by atoms with van der Waals surface area (Å²) in [6.45, 7) is 0.510. The minimum atomic E-state index is -3.62. The third kappa shape index (κ3) is 16.8. The normalized spacial score (nSPS) is 10.9. The fraction of sp³-hybridized carbons (Fsp3) is 0.186. The van der Waals surface area contributed by atoms with Crippen LogP contribution >= 0.6 is 106 Å². The maximum atomic E-state index is 13.7.